The van der Waals surface area contributed by atoms with Crippen molar-refractivity contribution in [2.45, 2.75) is 91.1 Å². The molecule has 4 rings (SSSR count). The van der Waals surface area contributed by atoms with Crippen molar-refractivity contribution >= 4 is 35.7 Å². The zero-order valence-electron chi connectivity index (χ0n) is 23.2. The van der Waals surface area contributed by atoms with Gasteiger partial charge in [0.25, 0.3) is 11.8 Å². The second-order valence-electron chi connectivity index (χ2n) is 9.69. The fourth-order valence-corrected chi connectivity index (χ4v) is 6.47. The minimum Gasteiger partial charge on any atom is -0.349 e. The maximum absolute atomic E-state index is 12.2. The van der Waals surface area contributed by atoms with Crippen LogP contribution < -0.4 is 10.6 Å². The first-order valence-electron chi connectivity index (χ1n) is 13.2. The Labute approximate surface area is 224 Å². The standard InChI is InChI=1S/C30H38N4O2S/c1-9-19-21(11-3)29(33-25(19)13-23-15(5)17(7)27(35)31-23)37-30-22(12-4)20(10-2)26(34-30)14-24-16(6)18(8)28(36)32-24/h13-14,33-34H,9-12H2,1-8H3,(H,31,35)(H,32,36)/b23-13+,24-14+. The zero-order chi connectivity index (χ0) is 27.0. The van der Waals surface area contributed by atoms with Gasteiger partial charge in [0.2, 0.25) is 0 Å². The van der Waals surface area contributed by atoms with Crippen LogP contribution in [0.1, 0.15) is 89.0 Å². The lowest BCUT2D eigenvalue weighted by Gasteiger charge is -2.05. The van der Waals surface area contributed by atoms with E-state index in [2.05, 4.69) is 60.4 Å². The third-order valence-electron chi connectivity index (χ3n) is 7.73. The lowest BCUT2D eigenvalue weighted by Crippen LogP contribution is -2.15. The predicted octanol–water partition coefficient (Wildman–Crippen LogP) is 6.36. The fraction of sp³-hybridized carbons (Fsp3) is 0.400. The number of carbonyl (C=O) groups is 2. The van der Waals surface area contributed by atoms with Crippen LogP contribution in [0.25, 0.3) is 12.2 Å². The topological polar surface area (TPSA) is 89.8 Å². The summed E-state index contributed by atoms with van der Waals surface area (Å²) in [5.41, 5.74) is 12.6. The van der Waals surface area contributed by atoms with Crippen molar-refractivity contribution in [3.63, 3.8) is 0 Å². The smallest absolute Gasteiger partial charge is 0.251 e. The molecule has 2 aliphatic rings. The highest BCUT2D eigenvalue weighted by atomic mass is 32.2. The number of hydrogen-bond acceptors (Lipinski definition) is 3. The number of carbonyl (C=O) groups excluding carboxylic acids is 2. The van der Waals surface area contributed by atoms with Crippen molar-refractivity contribution in [2.24, 2.45) is 0 Å². The molecule has 0 radical (unpaired) electrons. The van der Waals surface area contributed by atoms with E-state index in [0.717, 1.165) is 80.8 Å². The van der Waals surface area contributed by atoms with E-state index in [4.69, 9.17) is 0 Å². The molecule has 4 N–H and O–H groups in total. The van der Waals surface area contributed by atoms with Gasteiger partial charge in [0.05, 0.1) is 10.1 Å². The minimum atomic E-state index is -0.0230. The van der Waals surface area contributed by atoms with E-state index in [1.54, 1.807) is 11.8 Å². The molecule has 0 aromatic carbocycles. The molecule has 4 heterocycles. The number of nitrogens with one attached hydrogen (secondary N) is 4. The number of aromatic amines is 2. The molecule has 0 fully saturated rings. The van der Waals surface area contributed by atoms with E-state index in [9.17, 15) is 9.59 Å². The van der Waals surface area contributed by atoms with Crippen LogP contribution in [0.5, 0.6) is 0 Å². The van der Waals surface area contributed by atoms with Crippen molar-refractivity contribution in [3.05, 3.63) is 67.3 Å². The molecule has 0 saturated carbocycles. The Hall–Kier alpha value is -3.19. The summed E-state index contributed by atoms with van der Waals surface area (Å²) in [6.07, 6.45) is 7.80. The van der Waals surface area contributed by atoms with E-state index in [1.807, 2.05) is 27.7 Å². The summed E-state index contributed by atoms with van der Waals surface area (Å²) in [5.74, 6) is -0.0461. The normalized spacial score (nSPS) is 18.2. The summed E-state index contributed by atoms with van der Waals surface area (Å²) in [4.78, 5) is 31.7. The molecular formula is C30H38N4O2S. The molecule has 0 atom stereocenters. The molecule has 7 heteroatoms. The number of aromatic nitrogens is 2. The lowest BCUT2D eigenvalue weighted by atomic mass is 10.0. The number of allylic oxidation sites excluding steroid dienone is 2. The molecule has 0 unspecified atom stereocenters. The van der Waals surface area contributed by atoms with Crippen molar-refractivity contribution < 1.29 is 9.59 Å². The van der Waals surface area contributed by atoms with Gasteiger partial charge in [0.1, 0.15) is 0 Å². The molecule has 2 aliphatic heterocycles. The Bertz CT molecular complexity index is 1310. The highest BCUT2D eigenvalue weighted by Crippen LogP contribution is 2.39. The van der Waals surface area contributed by atoms with Crippen molar-refractivity contribution in [3.8, 4) is 0 Å². The minimum absolute atomic E-state index is 0.0230. The van der Waals surface area contributed by atoms with E-state index in [-0.39, 0.29) is 11.8 Å². The first kappa shape index (κ1) is 26.9. The molecule has 6 nitrogen and oxygen atoms in total. The fourth-order valence-electron chi connectivity index (χ4n) is 5.17. The molecule has 0 spiro atoms. The van der Waals surface area contributed by atoms with Gasteiger partial charge < -0.3 is 20.6 Å². The Balaban J connectivity index is 1.77. The van der Waals surface area contributed by atoms with Gasteiger partial charge in [-0.05, 0) is 98.9 Å². The van der Waals surface area contributed by atoms with Crippen molar-refractivity contribution in [2.75, 3.05) is 0 Å². The lowest BCUT2D eigenvalue weighted by molar-refractivity contribution is -0.117. The van der Waals surface area contributed by atoms with E-state index < -0.39 is 0 Å². The number of hydrogen-bond donors (Lipinski definition) is 4. The monoisotopic (exact) mass is 518 g/mol. The maximum Gasteiger partial charge on any atom is 0.251 e. The quantitative estimate of drug-likeness (QED) is 0.328. The molecule has 2 amide bonds. The van der Waals surface area contributed by atoms with Gasteiger partial charge in [0, 0.05) is 33.9 Å². The summed E-state index contributed by atoms with van der Waals surface area (Å²) in [7, 11) is 0. The van der Waals surface area contributed by atoms with Gasteiger partial charge >= 0.3 is 0 Å². The molecule has 2 aromatic rings. The Morgan fingerprint density at radius 3 is 1.19 bits per heavy atom. The van der Waals surface area contributed by atoms with Gasteiger partial charge in [-0.3, -0.25) is 9.59 Å². The van der Waals surface area contributed by atoms with Crippen LogP contribution in [-0.4, -0.2) is 21.8 Å². The van der Waals surface area contributed by atoms with E-state index in [0.29, 0.717) is 0 Å². The summed E-state index contributed by atoms with van der Waals surface area (Å²) in [6.45, 7) is 16.5. The molecule has 37 heavy (non-hydrogen) atoms. The van der Waals surface area contributed by atoms with Gasteiger partial charge in [-0.2, -0.15) is 0 Å². The Morgan fingerprint density at radius 2 is 0.919 bits per heavy atom. The Kier molecular flexibility index (Phi) is 7.74. The summed E-state index contributed by atoms with van der Waals surface area (Å²) < 4.78 is 0. The average Bonchev–Trinajstić information content (AvgIpc) is 3.54. The molecule has 2 aromatic heterocycles. The summed E-state index contributed by atoms with van der Waals surface area (Å²) >= 11 is 1.74. The molecular weight excluding hydrogens is 480 g/mol. The first-order chi connectivity index (χ1) is 17.6. The van der Waals surface area contributed by atoms with Gasteiger partial charge in [-0.1, -0.05) is 39.5 Å². The maximum atomic E-state index is 12.2. The van der Waals surface area contributed by atoms with Crippen LogP contribution in [0.3, 0.4) is 0 Å². The van der Waals surface area contributed by atoms with Crippen LogP contribution >= 0.6 is 11.8 Å². The summed E-state index contributed by atoms with van der Waals surface area (Å²) in [6, 6.07) is 0. The molecule has 0 saturated heterocycles. The second kappa shape index (κ2) is 10.7. The van der Waals surface area contributed by atoms with Crippen molar-refractivity contribution in [1.82, 2.24) is 20.6 Å². The summed E-state index contributed by atoms with van der Waals surface area (Å²) in [5, 5.41) is 8.28. The molecule has 0 aliphatic carbocycles. The van der Waals surface area contributed by atoms with Crippen LogP contribution in [0.2, 0.25) is 0 Å². The highest BCUT2D eigenvalue weighted by Gasteiger charge is 2.25. The van der Waals surface area contributed by atoms with Crippen LogP contribution in [0.15, 0.2) is 43.7 Å². The number of amides is 2. The third-order valence-corrected chi connectivity index (χ3v) is 8.83. The average molecular weight is 519 g/mol. The van der Waals surface area contributed by atoms with Crippen LogP contribution in [0, 0.1) is 0 Å². The molecule has 0 bridgehead atoms. The van der Waals surface area contributed by atoms with Gasteiger partial charge in [0.15, 0.2) is 0 Å². The number of H-pyrrole nitrogens is 2. The van der Waals surface area contributed by atoms with Gasteiger partial charge in [-0.25, -0.2) is 0 Å². The van der Waals surface area contributed by atoms with Crippen LogP contribution in [-0.2, 0) is 35.3 Å². The third kappa shape index (κ3) is 4.77. The second-order valence-corrected chi connectivity index (χ2v) is 10.7. The van der Waals surface area contributed by atoms with E-state index in [1.165, 1.54) is 22.3 Å². The zero-order valence-corrected chi connectivity index (χ0v) is 24.0. The predicted molar refractivity (Wildman–Crippen MR) is 152 cm³/mol. The Morgan fingerprint density at radius 1 is 0.568 bits per heavy atom. The van der Waals surface area contributed by atoms with Gasteiger partial charge in [-0.15, -0.1) is 0 Å². The largest absolute Gasteiger partial charge is 0.349 e. The van der Waals surface area contributed by atoms with Crippen LogP contribution in [0.4, 0.5) is 0 Å². The van der Waals surface area contributed by atoms with E-state index >= 15 is 0 Å². The molecule has 196 valence electrons. The number of rotatable bonds is 8. The highest BCUT2D eigenvalue weighted by molar-refractivity contribution is 7.99. The SMILES string of the molecule is CCc1c(/C=C2/NC(=O)C(C)=C2C)[nH]c(Sc2[nH]c(/C=C3/NC(=O)C(C)=C3C)c(CC)c2CC)c1CC. The van der Waals surface area contributed by atoms with Crippen molar-refractivity contribution in [1.29, 1.82) is 0 Å². The first-order valence-corrected chi connectivity index (χ1v) is 14.0.